The monoisotopic (exact) mass is 484 g/mol. The third-order valence-corrected chi connectivity index (χ3v) is 7.44. The summed E-state index contributed by atoms with van der Waals surface area (Å²) in [4.78, 5) is 19.4. The summed E-state index contributed by atoms with van der Waals surface area (Å²) in [6, 6.07) is 15.3. The average molecular weight is 485 g/mol. The molecule has 0 fully saturated rings. The molecule has 1 aromatic heterocycles. The molecular weight excluding hydrogens is 463 g/mol. The summed E-state index contributed by atoms with van der Waals surface area (Å²) in [5.41, 5.74) is 4.84. The number of amides is 1. The highest BCUT2D eigenvalue weighted by atomic mass is 35.5. The smallest absolute Gasteiger partial charge is 0.261 e. The number of aromatic nitrogens is 1. The fourth-order valence-electron chi connectivity index (χ4n) is 4.26. The summed E-state index contributed by atoms with van der Waals surface area (Å²) in [6.45, 7) is 6.34. The van der Waals surface area contributed by atoms with Crippen LogP contribution in [0, 0.1) is 0 Å². The van der Waals surface area contributed by atoms with Crippen molar-refractivity contribution in [1.82, 2.24) is 10.3 Å². The fourth-order valence-corrected chi connectivity index (χ4v) is 5.83. The van der Waals surface area contributed by atoms with Gasteiger partial charge in [0.15, 0.2) is 0 Å². The number of thioether (sulfide) groups is 1. The Balaban J connectivity index is 1.40. The minimum absolute atomic E-state index is 0.115. The van der Waals surface area contributed by atoms with Gasteiger partial charge in [0, 0.05) is 24.2 Å². The third-order valence-electron chi connectivity index (χ3n) is 5.86. The lowest BCUT2D eigenvalue weighted by Gasteiger charge is -2.33. The number of nitrogens with zero attached hydrogens (tertiary/aromatic N) is 2. The van der Waals surface area contributed by atoms with Crippen molar-refractivity contribution in [2.24, 2.45) is 0 Å². The van der Waals surface area contributed by atoms with Crippen molar-refractivity contribution in [3.8, 4) is 0 Å². The maximum Gasteiger partial charge on any atom is 0.261 e. The van der Waals surface area contributed by atoms with Crippen LogP contribution in [0.15, 0.2) is 53.6 Å². The number of benzene rings is 2. The van der Waals surface area contributed by atoms with E-state index in [1.54, 1.807) is 29.2 Å². The molecule has 5 nitrogen and oxygen atoms in total. The van der Waals surface area contributed by atoms with E-state index in [9.17, 15) is 4.79 Å². The molecule has 3 aromatic rings. The molecule has 2 aliphatic heterocycles. The Hall–Kier alpha value is -2.25. The SMILES string of the molecule is CC1(C)CNCc2cc(Nc3ccc4c(n3)SCN(c3c(Cl)cccc3Cl)C4=O)ccc21. The number of pyridine rings is 1. The molecule has 0 spiro atoms. The number of para-hydroxylation sites is 1. The molecule has 8 heteroatoms. The zero-order chi connectivity index (χ0) is 22.5. The van der Waals surface area contributed by atoms with Gasteiger partial charge in [-0.3, -0.25) is 9.69 Å². The van der Waals surface area contributed by atoms with E-state index in [1.807, 2.05) is 6.07 Å². The van der Waals surface area contributed by atoms with Gasteiger partial charge in [-0.25, -0.2) is 4.98 Å². The number of hydrogen-bond acceptors (Lipinski definition) is 5. The Morgan fingerprint density at radius 3 is 2.69 bits per heavy atom. The molecule has 32 heavy (non-hydrogen) atoms. The minimum Gasteiger partial charge on any atom is -0.340 e. The summed E-state index contributed by atoms with van der Waals surface area (Å²) in [6.07, 6.45) is 0. The minimum atomic E-state index is -0.158. The first-order valence-electron chi connectivity index (χ1n) is 10.3. The highest BCUT2D eigenvalue weighted by molar-refractivity contribution is 7.99. The number of halogens is 2. The molecule has 0 radical (unpaired) electrons. The van der Waals surface area contributed by atoms with Crippen molar-refractivity contribution < 1.29 is 4.79 Å². The highest BCUT2D eigenvalue weighted by Crippen LogP contribution is 2.40. The summed E-state index contributed by atoms with van der Waals surface area (Å²) >= 11 is 14.1. The Labute approximate surface area is 201 Å². The zero-order valence-corrected chi connectivity index (χ0v) is 20.0. The normalized spacial score (nSPS) is 17.0. The van der Waals surface area contributed by atoms with E-state index in [4.69, 9.17) is 28.2 Å². The molecule has 3 heterocycles. The van der Waals surface area contributed by atoms with Gasteiger partial charge in [0.1, 0.15) is 10.8 Å². The van der Waals surface area contributed by atoms with Crippen molar-refractivity contribution in [1.29, 1.82) is 0 Å². The maximum atomic E-state index is 13.1. The van der Waals surface area contributed by atoms with Crippen molar-refractivity contribution in [3.05, 3.63) is 75.3 Å². The second-order valence-corrected chi connectivity index (χ2v) is 10.4. The lowest BCUT2D eigenvalue weighted by Crippen LogP contribution is -2.38. The van der Waals surface area contributed by atoms with Crippen LogP contribution in [0.25, 0.3) is 0 Å². The van der Waals surface area contributed by atoms with Gasteiger partial charge >= 0.3 is 0 Å². The van der Waals surface area contributed by atoms with Crippen molar-refractivity contribution >= 4 is 58.1 Å². The summed E-state index contributed by atoms with van der Waals surface area (Å²) < 4.78 is 0. The molecule has 0 unspecified atom stereocenters. The van der Waals surface area contributed by atoms with Crippen molar-refractivity contribution in [3.63, 3.8) is 0 Å². The molecular formula is C24H22Cl2N4OS. The number of anilines is 3. The van der Waals surface area contributed by atoms with Gasteiger partial charge in [0.05, 0.1) is 27.2 Å². The van der Waals surface area contributed by atoms with E-state index in [0.717, 1.165) is 18.8 Å². The van der Waals surface area contributed by atoms with E-state index in [-0.39, 0.29) is 11.3 Å². The number of carbonyl (C=O) groups is 1. The van der Waals surface area contributed by atoms with E-state index in [1.165, 1.54) is 22.9 Å². The molecule has 0 bridgehead atoms. The predicted octanol–water partition coefficient (Wildman–Crippen LogP) is 6.22. The standard InChI is InChI=1S/C24H22Cl2N4OS/c1-24(2)12-27-11-14-10-15(6-8-17(14)24)28-20-9-7-16-22(29-20)32-13-30(23(16)31)21-18(25)4-3-5-19(21)26/h3-10,27H,11-13H2,1-2H3,(H,28,29). The lowest BCUT2D eigenvalue weighted by molar-refractivity contribution is 0.0986. The Bertz CT molecular complexity index is 1210. The van der Waals surface area contributed by atoms with Crippen LogP contribution in [0.1, 0.15) is 35.3 Å². The quantitative estimate of drug-likeness (QED) is 0.461. The molecule has 0 atom stereocenters. The number of nitrogens with one attached hydrogen (secondary N) is 2. The van der Waals surface area contributed by atoms with Crippen LogP contribution in [-0.2, 0) is 12.0 Å². The molecule has 2 aliphatic rings. The van der Waals surface area contributed by atoms with Crippen LogP contribution in [0.3, 0.4) is 0 Å². The van der Waals surface area contributed by atoms with Gasteiger partial charge in [-0.2, -0.15) is 0 Å². The lowest BCUT2D eigenvalue weighted by atomic mass is 9.79. The van der Waals surface area contributed by atoms with E-state index >= 15 is 0 Å². The summed E-state index contributed by atoms with van der Waals surface area (Å²) in [5, 5.41) is 8.47. The second-order valence-electron chi connectivity index (χ2n) is 8.61. The Morgan fingerprint density at radius 2 is 1.91 bits per heavy atom. The molecule has 2 aromatic carbocycles. The largest absolute Gasteiger partial charge is 0.340 e. The van der Waals surface area contributed by atoms with Gasteiger partial charge in [-0.05, 0) is 47.5 Å². The van der Waals surface area contributed by atoms with E-state index in [0.29, 0.717) is 38.0 Å². The van der Waals surface area contributed by atoms with E-state index < -0.39 is 0 Å². The van der Waals surface area contributed by atoms with Crippen LogP contribution < -0.4 is 15.5 Å². The first-order chi connectivity index (χ1) is 15.3. The van der Waals surface area contributed by atoms with Crippen LogP contribution in [-0.4, -0.2) is 23.3 Å². The topological polar surface area (TPSA) is 57.3 Å². The third kappa shape index (κ3) is 3.86. The van der Waals surface area contributed by atoms with Gasteiger partial charge < -0.3 is 10.6 Å². The molecule has 0 saturated heterocycles. The van der Waals surface area contributed by atoms with Crippen LogP contribution >= 0.6 is 35.0 Å². The molecule has 2 N–H and O–H groups in total. The Kier molecular flexibility index (Phi) is 5.58. The molecule has 1 amide bonds. The Morgan fingerprint density at radius 1 is 1.12 bits per heavy atom. The van der Waals surface area contributed by atoms with Crippen LogP contribution in [0.4, 0.5) is 17.2 Å². The van der Waals surface area contributed by atoms with Crippen LogP contribution in [0.2, 0.25) is 10.0 Å². The number of rotatable bonds is 3. The summed E-state index contributed by atoms with van der Waals surface area (Å²) in [7, 11) is 0. The molecule has 164 valence electrons. The van der Waals surface area contributed by atoms with E-state index in [2.05, 4.69) is 42.7 Å². The maximum absolute atomic E-state index is 13.1. The first kappa shape index (κ1) is 21.6. The number of fused-ring (bicyclic) bond motifs is 2. The second kappa shape index (κ2) is 8.27. The first-order valence-corrected chi connectivity index (χ1v) is 12.1. The fraction of sp³-hybridized carbons (Fsp3) is 0.250. The average Bonchev–Trinajstić information content (AvgIpc) is 2.75. The number of hydrogen-bond donors (Lipinski definition) is 2. The zero-order valence-electron chi connectivity index (χ0n) is 17.7. The van der Waals surface area contributed by atoms with Crippen LogP contribution in [0.5, 0.6) is 0 Å². The van der Waals surface area contributed by atoms with Crippen molar-refractivity contribution in [2.75, 3.05) is 22.6 Å². The van der Waals surface area contributed by atoms with Gasteiger partial charge in [-0.15, -0.1) is 0 Å². The highest BCUT2D eigenvalue weighted by Gasteiger charge is 2.30. The van der Waals surface area contributed by atoms with Gasteiger partial charge in [0.25, 0.3) is 5.91 Å². The predicted molar refractivity (Wildman–Crippen MR) is 133 cm³/mol. The summed E-state index contributed by atoms with van der Waals surface area (Å²) in [5.74, 6) is 0.942. The molecule has 0 aliphatic carbocycles. The molecule has 0 saturated carbocycles. The number of carbonyl (C=O) groups excluding carboxylic acids is 1. The van der Waals surface area contributed by atoms with Crippen molar-refractivity contribution in [2.45, 2.75) is 30.8 Å². The molecule has 5 rings (SSSR count). The van der Waals surface area contributed by atoms with Gasteiger partial charge in [0.2, 0.25) is 0 Å². The van der Waals surface area contributed by atoms with Gasteiger partial charge in [-0.1, -0.05) is 60.9 Å².